The first-order valence-corrected chi connectivity index (χ1v) is 41.3. The number of aliphatic carboxylic acids is 1. The largest absolute Gasteiger partial charge is 0.508 e. The van der Waals surface area contributed by atoms with Gasteiger partial charge in [0.1, 0.15) is 66.2 Å². The van der Waals surface area contributed by atoms with Crippen molar-refractivity contribution in [3.05, 3.63) is 137 Å². The van der Waals surface area contributed by atoms with Crippen LogP contribution in [0.5, 0.6) is 5.75 Å². The summed E-state index contributed by atoms with van der Waals surface area (Å²) in [6.45, 7) is 19.7. The summed E-state index contributed by atoms with van der Waals surface area (Å²) in [5.74, 6) is -11.8. The lowest BCUT2D eigenvalue weighted by molar-refractivity contribution is -0.146. The van der Waals surface area contributed by atoms with E-state index in [0.29, 0.717) is 59.0 Å². The van der Waals surface area contributed by atoms with Crippen LogP contribution in [0.3, 0.4) is 0 Å². The normalized spacial score (nSPS) is 16.0. The van der Waals surface area contributed by atoms with Crippen molar-refractivity contribution in [1.29, 1.82) is 0 Å². The maximum atomic E-state index is 15.1. The molecule has 0 aliphatic carbocycles. The summed E-state index contributed by atoms with van der Waals surface area (Å²) in [6, 6.07) is 7.46. The molecule has 31 heteroatoms. The third-order valence-corrected chi connectivity index (χ3v) is 21.5. The number of nitrogens with one attached hydrogen (secondary N) is 11. The van der Waals surface area contributed by atoms with Gasteiger partial charge in [-0.05, 0) is 158 Å². The minimum Gasteiger partial charge on any atom is -0.508 e. The zero-order chi connectivity index (χ0) is 85.7. The summed E-state index contributed by atoms with van der Waals surface area (Å²) in [4.78, 5) is 187. The van der Waals surface area contributed by atoms with E-state index in [1.807, 2.05) is 20.8 Å². The van der Waals surface area contributed by atoms with Crippen LogP contribution in [0.2, 0.25) is 0 Å². The van der Waals surface area contributed by atoms with E-state index in [1.54, 1.807) is 101 Å². The van der Waals surface area contributed by atoms with Crippen LogP contribution < -0.4 is 64.6 Å². The quantitative estimate of drug-likeness (QED) is 0.0150. The minimum atomic E-state index is -1.81. The number of carboxylic acid groups (broad SMARTS) is 1. The number of para-hydroxylation sites is 1. The molecule has 5 rings (SSSR count). The van der Waals surface area contributed by atoms with Gasteiger partial charge in [0.05, 0.1) is 26.1 Å². The lowest BCUT2D eigenvalue weighted by Crippen LogP contribution is -2.61. The van der Waals surface area contributed by atoms with Gasteiger partial charge in [-0.3, -0.25) is 57.5 Å². The molecule has 17 N–H and O–H groups in total. The number of rotatable bonds is 49. The molecule has 636 valence electrons. The van der Waals surface area contributed by atoms with Crippen LogP contribution in [0.1, 0.15) is 170 Å². The number of fused-ring (bicyclic) bond motifs is 1. The van der Waals surface area contributed by atoms with Gasteiger partial charge in [-0.2, -0.15) is 11.8 Å². The number of ether oxygens (including phenoxy) is 1. The lowest BCUT2D eigenvalue weighted by Gasteiger charge is -2.30. The second-order valence-electron chi connectivity index (χ2n) is 30.6. The zero-order valence-electron chi connectivity index (χ0n) is 69.2. The van der Waals surface area contributed by atoms with E-state index in [1.165, 1.54) is 54.6 Å². The number of hydrogen-bond acceptors (Lipinski definition) is 18. The van der Waals surface area contributed by atoms with Gasteiger partial charge in [0.15, 0.2) is 0 Å². The van der Waals surface area contributed by atoms with Crippen molar-refractivity contribution in [2.75, 3.05) is 38.2 Å². The molecular formula is C85H124N14O16S. The monoisotopic (exact) mass is 1630 g/mol. The van der Waals surface area contributed by atoms with Crippen LogP contribution in [0.25, 0.3) is 10.9 Å². The molecule has 0 radical (unpaired) electrons. The number of hydrogen-bond donors (Lipinski definition) is 15. The first-order valence-electron chi connectivity index (χ1n) is 40.1. The minimum absolute atomic E-state index is 0.0399. The Morgan fingerprint density at radius 2 is 1.16 bits per heavy atom. The molecule has 1 aliphatic rings. The molecular weight excluding hydrogens is 1510 g/mol. The third kappa shape index (κ3) is 32.0. The highest BCUT2D eigenvalue weighted by Crippen LogP contribution is 2.24. The Bertz CT molecular complexity index is 4050. The van der Waals surface area contributed by atoms with Crippen molar-refractivity contribution in [2.45, 2.75) is 239 Å². The number of carboxylic acids is 1. The topological polar surface area (TPSA) is 463 Å². The number of methoxy groups -OCH3 is 1. The van der Waals surface area contributed by atoms with Crippen LogP contribution in [-0.4, -0.2) is 202 Å². The number of phenols is 1. The number of unbranched alkanes of at least 4 members (excludes halogenated alkanes) is 1. The number of carbonyl (C=O) groups is 13. The number of nitrogens with zero attached hydrogens (tertiary/aromatic N) is 1. The summed E-state index contributed by atoms with van der Waals surface area (Å²) in [5, 5.41) is 47.6. The fraction of sp³-hybridized carbons (Fsp3) is 0.541. The fourth-order valence-corrected chi connectivity index (χ4v) is 14.1. The number of benzene rings is 3. The number of H-pyrrole nitrogens is 1. The Morgan fingerprint density at radius 1 is 0.603 bits per heavy atom. The van der Waals surface area contributed by atoms with Gasteiger partial charge in [-0.1, -0.05) is 150 Å². The number of nitrogens with two attached hydrogens (primary N) is 2. The maximum absolute atomic E-state index is 15.1. The van der Waals surface area contributed by atoms with Crippen LogP contribution in [0.15, 0.2) is 120 Å². The van der Waals surface area contributed by atoms with Crippen LogP contribution in [0, 0.1) is 17.8 Å². The summed E-state index contributed by atoms with van der Waals surface area (Å²) in [6.07, 6.45) is 12.8. The zero-order valence-corrected chi connectivity index (χ0v) is 70.0. The van der Waals surface area contributed by atoms with E-state index < -0.39 is 174 Å². The molecule has 13 atom stereocenters. The molecule has 0 spiro atoms. The van der Waals surface area contributed by atoms with Gasteiger partial charge in [-0.25, -0.2) is 4.79 Å². The number of esters is 1. The van der Waals surface area contributed by atoms with Crippen molar-refractivity contribution >= 4 is 99.6 Å². The molecule has 116 heavy (non-hydrogen) atoms. The second kappa shape index (κ2) is 49.5. The molecule has 2 heterocycles. The van der Waals surface area contributed by atoms with Gasteiger partial charge in [0.25, 0.3) is 0 Å². The third-order valence-electron chi connectivity index (χ3n) is 20.6. The highest BCUT2D eigenvalue weighted by atomic mass is 32.2. The molecule has 4 aromatic rings. The van der Waals surface area contributed by atoms with E-state index in [0.717, 1.165) is 30.6 Å². The van der Waals surface area contributed by atoms with E-state index in [2.05, 4.69) is 97.2 Å². The number of allylic oxidation sites excluding steroid dienone is 5. The lowest BCUT2D eigenvalue weighted by atomic mass is 9.94. The number of carbonyl (C=O) groups excluding carboxylic acids is 12. The number of likely N-dealkylation sites (tertiary alicyclic amines) is 1. The van der Waals surface area contributed by atoms with Crippen LogP contribution in [-0.2, 0) is 86.3 Å². The number of amides is 11. The Hall–Kier alpha value is -10.4. The summed E-state index contributed by atoms with van der Waals surface area (Å²) >= 11 is 1.41. The number of aromatic amines is 1. The molecule has 11 amide bonds. The van der Waals surface area contributed by atoms with Crippen molar-refractivity contribution in [3.8, 4) is 5.75 Å². The molecule has 0 bridgehead atoms. The van der Waals surface area contributed by atoms with Crippen molar-refractivity contribution in [2.24, 2.45) is 29.2 Å². The first-order chi connectivity index (χ1) is 55.2. The summed E-state index contributed by atoms with van der Waals surface area (Å²) in [5.41, 5.74) is 18.3. The van der Waals surface area contributed by atoms with Gasteiger partial charge < -0.3 is 89.5 Å². The average molecular weight is 1630 g/mol. The maximum Gasteiger partial charge on any atom is 0.329 e. The van der Waals surface area contributed by atoms with Crippen molar-refractivity contribution in [3.63, 3.8) is 0 Å². The van der Waals surface area contributed by atoms with E-state index in [9.17, 15) is 63.0 Å². The summed E-state index contributed by atoms with van der Waals surface area (Å²) < 4.78 is 5.01. The van der Waals surface area contributed by atoms with E-state index in [4.69, 9.17) is 16.2 Å². The fourth-order valence-electron chi connectivity index (χ4n) is 13.1. The molecule has 1 aromatic heterocycles. The van der Waals surface area contributed by atoms with Crippen molar-refractivity contribution in [1.82, 2.24) is 63.1 Å². The molecule has 3 aromatic carbocycles. The standard InChI is InChI=1S/C85H124N14O16S/c1-13-54(9)73(98-83(112)74(55(10)14-2)97-76(105)62(87)43-58-35-37-60(100)38-36-58)82(111)91-64(33-20-21-40-86)77(106)89-48-70(101)96-72(51(5)6)81(110)93-65(44-57-29-16-15-17-30-57)78(107)92-66(45-59-47-88-63-32-19-18-31-61(59)63)79(108)94-67(46-71(102)103)84(113)99-41-24-34-69(99)80(109)90-56(11)75(104)95-68(85(114)115-12)49-116-42-39-53(8)28-23-27-52(7)26-22-25-50(3)4/h15-19,25,27,29-32,35-39,47,51,54-56,62,64-69,72-74,88,100H,13-14,20-24,26,28,33-34,40-46,48-49,86-87H2,1-12H3,(H,89,106)(H,90,109)(H,91,111)(H,92,107)(H,93,110)(H,94,108)(H,95,104)(H,96,101)(H,97,105)(H,98,112)(H,102,103)/b52-27-,53-39+/t54-,55-,56-,62-,64-,65-,66-,67-,68-,69-,72-,73-,74-/m0/s1. The second-order valence-corrected chi connectivity index (χ2v) is 31.7. The predicted molar refractivity (Wildman–Crippen MR) is 446 cm³/mol. The first kappa shape index (κ1) is 96.2. The number of phenolic OH excluding ortho intramolecular Hbond substituents is 1. The summed E-state index contributed by atoms with van der Waals surface area (Å²) in [7, 11) is 1.20. The van der Waals surface area contributed by atoms with Gasteiger partial charge >= 0.3 is 11.9 Å². The Balaban J connectivity index is 1.30. The molecule has 1 fully saturated rings. The number of aromatic nitrogens is 1. The SMILES string of the molecule is CC[C@H](C)[C@H](NC(=O)[C@@H](NC(=O)[C@@H](N)Cc1ccc(O)cc1)[C@@H](C)CC)C(=O)N[C@@H](CCCCN)C(=O)NCC(=O)N[C@H](C(=O)N[C@@H](Cc1ccccc1)C(=O)N[C@@H](Cc1c[nH]c2ccccc12)C(=O)N[C@@H](CC(=O)O)C(=O)N1CCC[C@H]1C(=O)N[C@@H](C)C(=O)N[C@@H](CSC/C=C(\C)CC/C=C(/C)CCC=C(C)C)C(=O)OC)C(C)C. The average Bonchev–Trinajstić information content (AvgIpc) is 1.64. The molecule has 1 saturated heterocycles. The van der Waals surface area contributed by atoms with E-state index >= 15 is 9.59 Å². The Labute approximate surface area is 685 Å². The highest BCUT2D eigenvalue weighted by Gasteiger charge is 2.42. The molecule has 0 saturated carbocycles. The van der Waals surface area contributed by atoms with Gasteiger partial charge in [-0.15, -0.1) is 0 Å². The predicted octanol–water partition coefficient (Wildman–Crippen LogP) is 5.40. The van der Waals surface area contributed by atoms with Gasteiger partial charge in [0.2, 0.25) is 65.0 Å². The Kier molecular flexibility index (Phi) is 41.0. The smallest absolute Gasteiger partial charge is 0.329 e. The molecule has 0 unspecified atom stereocenters. The molecule has 30 nitrogen and oxygen atoms in total. The Morgan fingerprint density at radius 3 is 1.78 bits per heavy atom. The van der Waals surface area contributed by atoms with Crippen LogP contribution >= 0.6 is 11.8 Å². The number of aromatic hydroxyl groups is 1. The van der Waals surface area contributed by atoms with Gasteiger partial charge in [0, 0.05) is 48.0 Å². The highest BCUT2D eigenvalue weighted by molar-refractivity contribution is 7.99. The number of thioether (sulfide) groups is 1. The van der Waals surface area contributed by atoms with Crippen molar-refractivity contribution < 1.29 is 77.3 Å². The van der Waals surface area contributed by atoms with Crippen LogP contribution in [0.4, 0.5) is 0 Å². The molecule has 1 aliphatic heterocycles. The van der Waals surface area contributed by atoms with E-state index in [-0.39, 0.29) is 63.1 Å².